The van der Waals surface area contributed by atoms with Crippen molar-refractivity contribution >= 4 is 29.9 Å². The lowest BCUT2D eigenvalue weighted by Crippen LogP contribution is -2.44. The number of carbonyl (C=O) groups is 1. The number of rotatable bonds is 7. The van der Waals surface area contributed by atoms with E-state index < -0.39 is 0 Å². The quantitative estimate of drug-likeness (QED) is 0.721. The van der Waals surface area contributed by atoms with E-state index in [-0.39, 0.29) is 36.3 Å². The smallest absolute Gasteiger partial charge is 0.230 e. The molecule has 1 aliphatic heterocycles. The lowest BCUT2D eigenvalue weighted by atomic mass is 9.86. The first-order valence-corrected chi connectivity index (χ1v) is 9.26. The second-order valence-corrected chi connectivity index (χ2v) is 7.25. The summed E-state index contributed by atoms with van der Waals surface area (Å²) in [5, 5.41) is 0.679. The minimum absolute atomic E-state index is 0. The molecule has 0 saturated carbocycles. The van der Waals surface area contributed by atoms with Gasteiger partial charge in [0.25, 0.3) is 0 Å². The molecule has 2 rings (SSSR count). The van der Waals surface area contributed by atoms with E-state index in [9.17, 15) is 4.79 Å². The fourth-order valence-electron chi connectivity index (χ4n) is 3.29. The lowest BCUT2D eigenvalue weighted by molar-refractivity contribution is -0.136. The molecule has 0 aliphatic carbocycles. The molecule has 1 aliphatic rings. The van der Waals surface area contributed by atoms with Crippen molar-refractivity contribution in [1.82, 2.24) is 4.90 Å². The van der Waals surface area contributed by atoms with Crippen LogP contribution in [0.5, 0.6) is 0 Å². The Hall–Kier alpha value is -0.810. The summed E-state index contributed by atoms with van der Waals surface area (Å²) in [7, 11) is 0. The van der Waals surface area contributed by atoms with Gasteiger partial charge in [0.1, 0.15) is 0 Å². The number of ether oxygens (including phenoxy) is 1. The van der Waals surface area contributed by atoms with Crippen LogP contribution in [-0.2, 0) is 9.53 Å². The monoisotopic (exact) mass is 388 g/mol. The van der Waals surface area contributed by atoms with Gasteiger partial charge in [-0.15, -0.1) is 12.4 Å². The number of nitrogens with zero attached hydrogens (tertiary/aromatic N) is 1. The van der Waals surface area contributed by atoms with Gasteiger partial charge in [-0.1, -0.05) is 37.6 Å². The van der Waals surface area contributed by atoms with Crippen molar-refractivity contribution in [3.63, 3.8) is 0 Å². The van der Waals surface area contributed by atoms with E-state index >= 15 is 0 Å². The van der Waals surface area contributed by atoms with Gasteiger partial charge < -0.3 is 15.4 Å². The summed E-state index contributed by atoms with van der Waals surface area (Å²) in [6.07, 6.45) is 2.95. The summed E-state index contributed by atoms with van der Waals surface area (Å²) < 4.78 is 5.82. The number of carbonyl (C=O) groups excluding carboxylic acids is 1. The number of hydrogen-bond donors (Lipinski definition) is 1. The zero-order valence-corrected chi connectivity index (χ0v) is 16.7. The Bertz CT molecular complexity index is 532. The topological polar surface area (TPSA) is 55.6 Å². The Morgan fingerprint density at radius 3 is 2.60 bits per heavy atom. The Balaban J connectivity index is 0.00000312. The minimum atomic E-state index is -0.140. The molecule has 1 saturated heterocycles. The highest BCUT2D eigenvalue weighted by molar-refractivity contribution is 6.30. The van der Waals surface area contributed by atoms with E-state index in [0.717, 1.165) is 37.9 Å². The summed E-state index contributed by atoms with van der Waals surface area (Å²) in [5.74, 6) is 0.292. The molecule has 1 heterocycles. The Kier molecular flexibility index (Phi) is 9.80. The average molecular weight is 389 g/mol. The van der Waals surface area contributed by atoms with Crippen LogP contribution in [0.3, 0.4) is 0 Å². The number of halogens is 2. The average Bonchev–Trinajstić information content (AvgIpc) is 2.55. The lowest BCUT2D eigenvalue weighted by Gasteiger charge is -2.35. The predicted octanol–water partition coefficient (Wildman–Crippen LogP) is 3.86. The molecule has 1 atom stereocenters. The summed E-state index contributed by atoms with van der Waals surface area (Å²) in [6.45, 7) is 7.07. The summed E-state index contributed by atoms with van der Waals surface area (Å²) >= 11 is 6.11. The maximum absolute atomic E-state index is 13.0. The van der Waals surface area contributed by atoms with Crippen LogP contribution in [0.2, 0.25) is 5.02 Å². The molecular formula is C19H30Cl2N2O2. The summed E-state index contributed by atoms with van der Waals surface area (Å²) in [6, 6.07) is 7.67. The van der Waals surface area contributed by atoms with Gasteiger partial charge in [0.05, 0.1) is 12.0 Å². The van der Waals surface area contributed by atoms with E-state index in [1.807, 2.05) is 29.2 Å². The highest BCUT2D eigenvalue weighted by Gasteiger charge is 2.31. The molecular weight excluding hydrogens is 359 g/mol. The Morgan fingerprint density at radius 1 is 1.36 bits per heavy atom. The Labute approximate surface area is 162 Å². The van der Waals surface area contributed by atoms with Crippen molar-refractivity contribution in [2.24, 2.45) is 11.7 Å². The summed E-state index contributed by atoms with van der Waals surface area (Å²) in [4.78, 5) is 15.0. The van der Waals surface area contributed by atoms with Crippen LogP contribution in [-0.4, -0.2) is 43.2 Å². The third-order valence-corrected chi connectivity index (χ3v) is 4.83. The van der Waals surface area contributed by atoms with Crippen LogP contribution < -0.4 is 5.73 Å². The van der Waals surface area contributed by atoms with Crippen LogP contribution in [0.4, 0.5) is 0 Å². The van der Waals surface area contributed by atoms with Crippen LogP contribution in [0.1, 0.15) is 44.6 Å². The maximum atomic E-state index is 13.0. The van der Waals surface area contributed by atoms with E-state index in [0.29, 0.717) is 18.2 Å². The second-order valence-electron chi connectivity index (χ2n) is 6.81. The third-order valence-electron chi connectivity index (χ3n) is 4.60. The van der Waals surface area contributed by atoms with Crippen LogP contribution in [0, 0.1) is 5.92 Å². The van der Waals surface area contributed by atoms with Crippen molar-refractivity contribution in [3.05, 3.63) is 34.9 Å². The van der Waals surface area contributed by atoms with Crippen molar-refractivity contribution in [3.8, 4) is 0 Å². The first kappa shape index (κ1) is 22.2. The highest BCUT2D eigenvalue weighted by atomic mass is 35.5. The molecule has 142 valence electrons. The summed E-state index contributed by atoms with van der Waals surface area (Å²) in [5.41, 5.74) is 6.49. The normalized spacial score (nSPS) is 16.6. The molecule has 2 N–H and O–H groups in total. The molecule has 4 nitrogen and oxygen atoms in total. The van der Waals surface area contributed by atoms with Gasteiger partial charge in [-0.25, -0.2) is 0 Å². The van der Waals surface area contributed by atoms with Crippen LogP contribution in [0.15, 0.2) is 24.3 Å². The van der Waals surface area contributed by atoms with E-state index in [1.165, 1.54) is 0 Å². The standard InChI is InChI=1S/C19H29ClN2O2.ClH/c1-14(2)18(15-5-3-6-16(20)13-15)19(23)22-10-7-17(8-11-22)24-12-4-9-21;/h3,5-6,13-14,17-18H,4,7-12,21H2,1-2H3;1H. The van der Waals surface area contributed by atoms with Gasteiger partial charge in [0, 0.05) is 24.7 Å². The van der Waals surface area contributed by atoms with Crippen molar-refractivity contribution in [1.29, 1.82) is 0 Å². The first-order chi connectivity index (χ1) is 11.5. The number of nitrogens with two attached hydrogens (primary N) is 1. The number of piperidine rings is 1. The maximum Gasteiger partial charge on any atom is 0.230 e. The number of likely N-dealkylation sites (tertiary alicyclic amines) is 1. The van der Waals surface area contributed by atoms with Gasteiger partial charge in [0.15, 0.2) is 0 Å². The fourth-order valence-corrected chi connectivity index (χ4v) is 3.48. The molecule has 0 spiro atoms. The van der Waals surface area contributed by atoms with Crippen molar-refractivity contribution < 1.29 is 9.53 Å². The van der Waals surface area contributed by atoms with Gasteiger partial charge in [-0.2, -0.15) is 0 Å². The van der Waals surface area contributed by atoms with E-state index in [4.69, 9.17) is 22.1 Å². The molecule has 0 radical (unpaired) electrons. The minimum Gasteiger partial charge on any atom is -0.378 e. The SMILES string of the molecule is CC(C)C(C(=O)N1CCC(OCCCN)CC1)c1cccc(Cl)c1.Cl. The van der Waals surface area contributed by atoms with Gasteiger partial charge in [-0.3, -0.25) is 4.79 Å². The molecule has 1 aromatic carbocycles. The molecule has 1 aromatic rings. The number of amides is 1. The van der Waals surface area contributed by atoms with E-state index in [1.54, 1.807) is 0 Å². The molecule has 1 unspecified atom stereocenters. The predicted molar refractivity (Wildman–Crippen MR) is 106 cm³/mol. The second kappa shape index (κ2) is 11.0. The molecule has 1 amide bonds. The third kappa shape index (κ3) is 6.45. The Morgan fingerprint density at radius 2 is 2.04 bits per heavy atom. The zero-order valence-electron chi connectivity index (χ0n) is 15.1. The number of hydrogen-bond acceptors (Lipinski definition) is 3. The highest BCUT2D eigenvalue weighted by Crippen LogP contribution is 2.30. The zero-order chi connectivity index (χ0) is 17.5. The van der Waals surface area contributed by atoms with Crippen molar-refractivity contribution in [2.45, 2.75) is 45.1 Å². The van der Waals surface area contributed by atoms with Gasteiger partial charge in [0.2, 0.25) is 5.91 Å². The van der Waals surface area contributed by atoms with E-state index in [2.05, 4.69) is 13.8 Å². The largest absolute Gasteiger partial charge is 0.378 e. The van der Waals surface area contributed by atoms with Gasteiger partial charge in [-0.05, 0) is 49.4 Å². The molecule has 0 bridgehead atoms. The molecule has 0 aromatic heterocycles. The first-order valence-electron chi connectivity index (χ1n) is 8.89. The van der Waals surface area contributed by atoms with Crippen molar-refractivity contribution in [2.75, 3.05) is 26.2 Å². The van der Waals surface area contributed by atoms with Crippen LogP contribution >= 0.6 is 24.0 Å². The molecule has 6 heteroatoms. The fraction of sp³-hybridized carbons (Fsp3) is 0.632. The molecule has 1 fully saturated rings. The van der Waals surface area contributed by atoms with Crippen LogP contribution in [0.25, 0.3) is 0 Å². The van der Waals surface area contributed by atoms with Gasteiger partial charge >= 0.3 is 0 Å². The number of benzene rings is 1. The molecule has 25 heavy (non-hydrogen) atoms.